The fraction of sp³-hybridized carbons (Fsp3) is 0.588. The summed E-state index contributed by atoms with van der Waals surface area (Å²) in [4.78, 5) is 11.7. The maximum atomic E-state index is 11.7. The quantitative estimate of drug-likeness (QED) is 0.894. The number of rotatable bonds is 3. The third-order valence-electron chi connectivity index (χ3n) is 4.57. The number of nitrogens with one attached hydrogen (secondary N) is 1. The Labute approximate surface area is 126 Å². The average Bonchev–Trinajstić information content (AvgIpc) is 3.23. The summed E-state index contributed by atoms with van der Waals surface area (Å²) in [7, 11) is 0. The number of carbonyl (C=O) groups excluding carboxylic acids is 1. The highest BCUT2D eigenvalue weighted by atomic mass is 16.6. The summed E-state index contributed by atoms with van der Waals surface area (Å²) in [5.41, 5.74) is 8.20. The van der Waals surface area contributed by atoms with Crippen LogP contribution in [0.4, 0.5) is 10.5 Å². The van der Waals surface area contributed by atoms with Gasteiger partial charge in [-0.05, 0) is 64.2 Å². The van der Waals surface area contributed by atoms with E-state index in [-0.39, 0.29) is 11.0 Å². The van der Waals surface area contributed by atoms with Crippen LogP contribution in [-0.2, 0) is 10.2 Å². The molecule has 3 rings (SSSR count). The Morgan fingerprint density at radius 1 is 1.14 bits per heavy atom. The molecule has 2 aliphatic rings. The molecule has 114 valence electrons. The van der Waals surface area contributed by atoms with Crippen LogP contribution >= 0.6 is 0 Å². The molecule has 3 N–H and O–H groups in total. The van der Waals surface area contributed by atoms with Crippen molar-refractivity contribution in [1.29, 1.82) is 0 Å². The van der Waals surface area contributed by atoms with Crippen molar-refractivity contribution in [3.05, 3.63) is 29.8 Å². The van der Waals surface area contributed by atoms with Crippen molar-refractivity contribution >= 4 is 11.8 Å². The molecule has 2 saturated carbocycles. The Morgan fingerprint density at radius 2 is 1.71 bits per heavy atom. The summed E-state index contributed by atoms with van der Waals surface area (Å²) in [6.07, 6.45) is 4.20. The lowest BCUT2D eigenvalue weighted by Gasteiger charge is -2.24. The number of anilines is 1. The highest BCUT2D eigenvalue weighted by Crippen LogP contribution is 2.63. The molecular weight excluding hydrogens is 264 g/mol. The molecule has 1 aromatic rings. The third-order valence-corrected chi connectivity index (χ3v) is 4.57. The van der Waals surface area contributed by atoms with Gasteiger partial charge in [0.05, 0.1) is 0 Å². The minimum absolute atomic E-state index is 0.0209. The van der Waals surface area contributed by atoms with E-state index in [9.17, 15) is 4.79 Å². The van der Waals surface area contributed by atoms with Crippen molar-refractivity contribution in [2.45, 2.75) is 63.0 Å². The molecule has 21 heavy (non-hydrogen) atoms. The lowest BCUT2D eigenvalue weighted by atomic mass is 9.86. The molecule has 0 saturated heterocycles. The van der Waals surface area contributed by atoms with E-state index >= 15 is 0 Å². The van der Waals surface area contributed by atoms with E-state index in [0.717, 1.165) is 18.5 Å². The predicted octanol–water partition coefficient (Wildman–Crippen LogP) is 3.56. The first-order valence-electron chi connectivity index (χ1n) is 7.64. The fourth-order valence-corrected chi connectivity index (χ4v) is 3.11. The SMILES string of the molecule is CC(C)(C)OC(=O)Nc1ccc(C2(C3(N)CC3)CC2)cc1. The first-order chi connectivity index (χ1) is 9.74. The zero-order valence-electron chi connectivity index (χ0n) is 13.0. The second-order valence-electron chi connectivity index (χ2n) is 7.44. The van der Waals surface area contributed by atoms with Crippen LogP contribution in [0.25, 0.3) is 0 Å². The van der Waals surface area contributed by atoms with Crippen molar-refractivity contribution < 1.29 is 9.53 Å². The van der Waals surface area contributed by atoms with E-state index in [4.69, 9.17) is 10.5 Å². The number of ether oxygens (including phenoxy) is 1. The molecule has 1 amide bonds. The smallest absolute Gasteiger partial charge is 0.412 e. The number of amides is 1. The largest absolute Gasteiger partial charge is 0.444 e. The van der Waals surface area contributed by atoms with Crippen LogP contribution in [0, 0.1) is 0 Å². The molecule has 0 atom stereocenters. The molecule has 0 spiro atoms. The van der Waals surface area contributed by atoms with Crippen LogP contribution in [0.1, 0.15) is 52.0 Å². The summed E-state index contributed by atoms with van der Waals surface area (Å²) in [6.45, 7) is 5.55. The minimum Gasteiger partial charge on any atom is -0.444 e. The van der Waals surface area contributed by atoms with Gasteiger partial charge in [-0.15, -0.1) is 0 Å². The summed E-state index contributed by atoms with van der Waals surface area (Å²) >= 11 is 0. The van der Waals surface area contributed by atoms with E-state index in [1.54, 1.807) is 0 Å². The number of hydrogen-bond acceptors (Lipinski definition) is 3. The highest BCUT2D eigenvalue weighted by molar-refractivity contribution is 5.84. The van der Waals surface area contributed by atoms with Gasteiger partial charge in [-0.25, -0.2) is 4.79 Å². The minimum atomic E-state index is -0.486. The number of hydrogen-bond donors (Lipinski definition) is 2. The monoisotopic (exact) mass is 288 g/mol. The number of benzene rings is 1. The summed E-state index contributed by atoms with van der Waals surface area (Å²) in [6, 6.07) is 8.05. The molecule has 0 aliphatic heterocycles. The van der Waals surface area contributed by atoms with E-state index in [1.165, 1.54) is 18.4 Å². The van der Waals surface area contributed by atoms with Gasteiger partial charge in [0.25, 0.3) is 0 Å². The Hall–Kier alpha value is -1.55. The molecule has 4 heteroatoms. The van der Waals surface area contributed by atoms with Crippen LogP contribution in [0.15, 0.2) is 24.3 Å². The van der Waals surface area contributed by atoms with Crippen LogP contribution in [0.5, 0.6) is 0 Å². The second-order valence-corrected chi connectivity index (χ2v) is 7.44. The Kier molecular flexibility index (Phi) is 3.06. The van der Waals surface area contributed by atoms with Crippen molar-refractivity contribution in [3.63, 3.8) is 0 Å². The third kappa shape index (κ3) is 2.77. The van der Waals surface area contributed by atoms with E-state index < -0.39 is 11.7 Å². The molecule has 0 unspecified atom stereocenters. The van der Waals surface area contributed by atoms with Crippen LogP contribution in [-0.4, -0.2) is 17.2 Å². The summed E-state index contributed by atoms with van der Waals surface area (Å²) < 4.78 is 5.25. The molecule has 0 heterocycles. The van der Waals surface area contributed by atoms with Crippen LogP contribution in [0.2, 0.25) is 0 Å². The van der Waals surface area contributed by atoms with Crippen LogP contribution < -0.4 is 11.1 Å². The van der Waals surface area contributed by atoms with Gasteiger partial charge >= 0.3 is 6.09 Å². The predicted molar refractivity (Wildman–Crippen MR) is 83.4 cm³/mol. The molecule has 1 aromatic carbocycles. The summed E-state index contributed by atoms with van der Waals surface area (Å²) in [5.74, 6) is 0. The Morgan fingerprint density at radius 3 is 2.14 bits per heavy atom. The molecule has 0 radical (unpaired) electrons. The van der Waals surface area contributed by atoms with Crippen LogP contribution in [0.3, 0.4) is 0 Å². The average molecular weight is 288 g/mol. The Balaban J connectivity index is 1.67. The molecule has 0 aromatic heterocycles. The van der Waals surface area contributed by atoms with E-state index in [0.29, 0.717) is 0 Å². The first kappa shape index (κ1) is 14.4. The van der Waals surface area contributed by atoms with Gasteiger partial charge in [0.1, 0.15) is 5.60 Å². The van der Waals surface area contributed by atoms with Gasteiger partial charge in [0.2, 0.25) is 0 Å². The maximum Gasteiger partial charge on any atom is 0.412 e. The van der Waals surface area contributed by atoms with E-state index in [2.05, 4.69) is 17.4 Å². The number of nitrogens with two attached hydrogens (primary N) is 1. The maximum absolute atomic E-state index is 11.7. The molecule has 0 bridgehead atoms. The van der Waals surface area contributed by atoms with Crippen molar-refractivity contribution in [3.8, 4) is 0 Å². The van der Waals surface area contributed by atoms with Gasteiger partial charge in [-0.3, -0.25) is 5.32 Å². The van der Waals surface area contributed by atoms with Gasteiger partial charge in [0, 0.05) is 16.6 Å². The zero-order chi connectivity index (χ0) is 15.3. The normalized spacial score (nSPS) is 21.5. The first-order valence-corrected chi connectivity index (χ1v) is 7.64. The van der Waals surface area contributed by atoms with E-state index in [1.807, 2.05) is 32.9 Å². The standard InChI is InChI=1S/C17H24N2O2/c1-15(2,3)21-14(20)19-13-6-4-12(5-7-13)16(8-9-16)17(18)10-11-17/h4-7H,8-11,18H2,1-3H3,(H,19,20). The van der Waals surface area contributed by atoms with Crippen molar-refractivity contribution in [2.75, 3.05) is 5.32 Å². The lowest BCUT2D eigenvalue weighted by molar-refractivity contribution is 0.0636. The molecule has 2 aliphatic carbocycles. The van der Waals surface area contributed by atoms with Gasteiger partial charge in [0.15, 0.2) is 0 Å². The van der Waals surface area contributed by atoms with Crippen molar-refractivity contribution in [2.24, 2.45) is 5.73 Å². The number of carbonyl (C=O) groups is 1. The zero-order valence-corrected chi connectivity index (χ0v) is 13.0. The molecule has 4 nitrogen and oxygen atoms in total. The molecule has 2 fully saturated rings. The Bertz CT molecular complexity index is 549. The lowest BCUT2D eigenvalue weighted by Crippen LogP contribution is -2.37. The van der Waals surface area contributed by atoms with Gasteiger partial charge < -0.3 is 10.5 Å². The van der Waals surface area contributed by atoms with Gasteiger partial charge in [-0.1, -0.05) is 12.1 Å². The van der Waals surface area contributed by atoms with Crippen molar-refractivity contribution in [1.82, 2.24) is 0 Å². The second kappa shape index (κ2) is 4.47. The topological polar surface area (TPSA) is 64.3 Å². The fourth-order valence-electron chi connectivity index (χ4n) is 3.11. The molecular formula is C17H24N2O2. The highest BCUT2D eigenvalue weighted by Gasteiger charge is 2.63. The summed E-state index contributed by atoms with van der Waals surface area (Å²) in [5, 5.41) is 2.76. The van der Waals surface area contributed by atoms with Gasteiger partial charge in [-0.2, -0.15) is 0 Å².